The summed E-state index contributed by atoms with van der Waals surface area (Å²) in [4.78, 5) is 22.0. The number of nitrogens with one attached hydrogen (secondary N) is 1. The maximum Gasteiger partial charge on any atom is 0.224 e. The first kappa shape index (κ1) is 7.53. The lowest BCUT2D eigenvalue weighted by molar-refractivity contribution is -0.124. The van der Waals surface area contributed by atoms with Gasteiger partial charge in [-0.25, -0.2) is 0 Å². The Balaban J connectivity index is 2.17. The molecule has 0 radical (unpaired) electrons. The number of allylic oxidation sites excluding steroid dienone is 2. The fourth-order valence-corrected chi connectivity index (χ4v) is 1.80. The minimum absolute atomic E-state index is 0.0897. The standard InChI is InChI=1S/C9H11NO2/c11-7-2-3-8-6(5-7)1-4-9(12)10-8/h3,6H,1-2,4-5H2,(H,10,12). The molecule has 1 fully saturated rings. The lowest BCUT2D eigenvalue weighted by Crippen LogP contribution is -2.35. The number of carbonyl (C=O) groups excluding carboxylic acids is 2. The summed E-state index contributed by atoms with van der Waals surface area (Å²) in [7, 11) is 0. The summed E-state index contributed by atoms with van der Waals surface area (Å²) in [6, 6.07) is 0. The van der Waals surface area contributed by atoms with Crippen LogP contribution in [0.2, 0.25) is 0 Å². The van der Waals surface area contributed by atoms with E-state index in [1.54, 1.807) is 0 Å². The maximum atomic E-state index is 11.0. The minimum atomic E-state index is 0.0897. The Labute approximate surface area is 70.8 Å². The molecular formula is C9H11NO2. The highest BCUT2D eigenvalue weighted by atomic mass is 16.1. The van der Waals surface area contributed by atoms with Gasteiger partial charge in [-0.2, -0.15) is 0 Å². The number of hydrogen-bond acceptors (Lipinski definition) is 2. The molecule has 2 rings (SSSR count). The van der Waals surface area contributed by atoms with Crippen molar-refractivity contribution < 1.29 is 9.59 Å². The maximum absolute atomic E-state index is 11.0. The summed E-state index contributed by atoms with van der Waals surface area (Å²) >= 11 is 0. The minimum Gasteiger partial charge on any atom is -0.330 e. The Morgan fingerprint density at radius 2 is 2.25 bits per heavy atom. The third-order valence-electron chi connectivity index (χ3n) is 2.47. The SMILES string of the molecule is O=C1CC=C2NC(=O)CCC2C1. The van der Waals surface area contributed by atoms with Crippen LogP contribution in [0, 0.1) is 5.92 Å². The first-order valence-corrected chi connectivity index (χ1v) is 4.27. The van der Waals surface area contributed by atoms with E-state index in [0.29, 0.717) is 31.0 Å². The molecule has 1 aliphatic heterocycles. The van der Waals surface area contributed by atoms with Crippen LogP contribution in [-0.2, 0) is 9.59 Å². The summed E-state index contributed by atoms with van der Waals surface area (Å²) in [5, 5.41) is 2.81. The fourth-order valence-electron chi connectivity index (χ4n) is 1.80. The van der Waals surface area contributed by atoms with Crippen LogP contribution in [-0.4, -0.2) is 11.7 Å². The molecular weight excluding hydrogens is 154 g/mol. The van der Waals surface area contributed by atoms with E-state index >= 15 is 0 Å². The van der Waals surface area contributed by atoms with Crippen LogP contribution in [0.25, 0.3) is 0 Å². The van der Waals surface area contributed by atoms with Gasteiger partial charge in [-0.3, -0.25) is 9.59 Å². The number of Topliss-reactive ketones (excluding diaryl/α,β-unsaturated/α-hetero) is 1. The van der Waals surface area contributed by atoms with Crippen LogP contribution in [0.4, 0.5) is 0 Å². The second kappa shape index (κ2) is 2.73. The van der Waals surface area contributed by atoms with Gasteiger partial charge in [0.2, 0.25) is 5.91 Å². The normalized spacial score (nSPS) is 29.0. The molecule has 1 unspecified atom stereocenters. The first-order valence-electron chi connectivity index (χ1n) is 4.27. The van der Waals surface area contributed by atoms with Gasteiger partial charge in [0.1, 0.15) is 5.78 Å². The molecule has 12 heavy (non-hydrogen) atoms. The van der Waals surface area contributed by atoms with Crippen LogP contribution < -0.4 is 5.32 Å². The van der Waals surface area contributed by atoms with E-state index in [4.69, 9.17) is 0 Å². The van der Waals surface area contributed by atoms with Crippen LogP contribution in [0.15, 0.2) is 11.8 Å². The van der Waals surface area contributed by atoms with Crippen molar-refractivity contribution in [3.63, 3.8) is 0 Å². The van der Waals surface area contributed by atoms with Crippen molar-refractivity contribution in [2.45, 2.75) is 25.7 Å². The van der Waals surface area contributed by atoms with Crippen molar-refractivity contribution in [2.75, 3.05) is 0 Å². The highest BCUT2D eigenvalue weighted by molar-refractivity contribution is 5.85. The predicted octanol–water partition coefficient (Wildman–Crippen LogP) is 0.759. The molecule has 3 nitrogen and oxygen atoms in total. The Morgan fingerprint density at radius 3 is 3.08 bits per heavy atom. The number of piperidine rings is 1. The molecule has 0 spiro atoms. The molecule has 1 amide bonds. The van der Waals surface area contributed by atoms with Crippen LogP contribution in [0.3, 0.4) is 0 Å². The molecule has 1 saturated heterocycles. The van der Waals surface area contributed by atoms with E-state index in [1.165, 1.54) is 0 Å². The molecule has 0 aromatic rings. The zero-order valence-corrected chi connectivity index (χ0v) is 6.80. The highest BCUT2D eigenvalue weighted by Crippen LogP contribution is 2.28. The van der Waals surface area contributed by atoms with E-state index in [2.05, 4.69) is 5.32 Å². The quantitative estimate of drug-likeness (QED) is 0.576. The molecule has 0 aromatic carbocycles. The van der Waals surface area contributed by atoms with Crippen LogP contribution in [0.5, 0.6) is 0 Å². The van der Waals surface area contributed by atoms with Gasteiger partial charge in [0.15, 0.2) is 0 Å². The number of hydrogen-bond donors (Lipinski definition) is 1. The van der Waals surface area contributed by atoms with Crippen molar-refractivity contribution in [1.82, 2.24) is 5.32 Å². The zero-order chi connectivity index (χ0) is 8.55. The van der Waals surface area contributed by atoms with Gasteiger partial charge in [-0.1, -0.05) is 6.08 Å². The first-order chi connectivity index (χ1) is 5.75. The second-order valence-corrected chi connectivity index (χ2v) is 3.39. The summed E-state index contributed by atoms with van der Waals surface area (Å²) in [5.41, 5.74) is 0.978. The Kier molecular flexibility index (Phi) is 1.71. The van der Waals surface area contributed by atoms with Crippen molar-refractivity contribution in [3.05, 3.63) is 11.8 Å². The monoisotopic (exact) mass is 165 g/mol. The number of rotatable bonds is 0. The summed E-state index contributed by atoms with van der Waals surface area (Å²) in [6.07, 6.45) is 4.37. The van der Waals surface area contributed by atoms with Crippen molar-refractivity contribution in [3.8, 4) is 0 Å². The third kappa shape index (κ3) is 1.26. The van der Waals surface area contributed by atoms with Crippen LogP contribution in [0.1, 0.15) is 25.7 Å². The molecule has 3 heteroatoms. The van der Waals surface area contributed by atoms with Gasteiger partial charge in [-0.05, 0) is 6.42 Å². The molecule has 2 aliphatic rings. The van der Waals surface area contributed by atoms with Gasteiger partial charge >= 0.3 is 0 Å². The van der Waals surface area contributed by atoms with E-state index in [1.807, 2.05) is 6.08 Å². The summed E-state index contributed by atoms with van der Waals surface area (Å²) < 4.78 is 0. The average Bonchev–Trinajstić information content (AvgIpc) is 2.05. The number of fused-ring (bicyclic) bond motifs is 1. The molecule has 0 saturated carbocycles. The van der Waals surface area contributed by atoms with Gasteiger partial charge in [0, 0.05) is 30.9 Å². The topological polar surface area (TPSA) is 46.2 Å². The number of ketones is 1. The van der Waals surface area contributed by atoms with Gasteiger partial charge < -0.3 is 5.32 Å². The van der Waals surface area contributed by atoms with Gasteiger partial charge in [0.25, 0.3) is 0 Å². The Morgan fingerprint density at radius 1 is 1.42 bits per heavy atom. The summed E-state index contributed by atoms with van der Waals surface area (Å²) in [6.45, 7) is 0. The highest BCUT2D eigenvalue weighted by Gasteiger charge is 2.27. The van der Waals surface area contributed by atoms with E-state index in [0.717, 1.165) is 12.1 Å². The van der Waals surface area contributed by atoms with Gasteiger partial charge in [0.05, 0.1) is 0 Å². The molecule has 0 bridgehead atoms. The van der Waals surface area contributed by atoms with Crippen LogP contribution >= 0.6 is 0 Å². The molecule has 1 N–H and O–H groups in total. The smallest absolute Gasteiger partial charge is 0.224 e. The van der Waals surface area contributed by atoms with Gasteiger partial charge in [-0.15, -0.1) is 0 Å². The van der Waals surface area contributed by atoms with E-state index in [9.17, 15) is 9.59 Å². The largest absolute Gasteiger partial charge is 0.330 e. The Bertz CT molecular complexity index is 266. The molecule has 0 aromatic heterocycles. The lowest BCUT2D eigenvalue weighted by Gasteiger charge is -2.28. The molecule has 1 heterocycles. The lowest BCUT2D eigenvalue weighted by atomic mass is 9.85. The second-order valence-electron chi connectivity index (χ2n) is 3.39. The van der Waals surface area contributed by atoms with E-state index in [-0.39, 0.29) is 5.91 Å². The van der Waals surface area contributed by atoms with E-state index < -0.39 is 0 Å². The average molecular weight is 165 g/mol. The van der Waals surface area contributed by atoms with Crippen molar-refractivity contribution >= 4 is 11.7 Å². The number of amides is 1. The molecule has 1 aliphatic carbocycles. The molecule has 1 atom stereocenters. The predicted molar refractivity (Wildman–Crippen MR) is 43.2 cm³/mol. The fraction of sp³-hybridized carbons (Fsp3) is 0.556. The molecule has 64 valence electrons. The third-order valence-corrected chi connectivity index (χ3v) is 2.47. The summed E-state index contributed by atoms with van der Waals surface area (Å²) in [5.74, 6) is 0.677. The van der Waals surface area contributed by atoms with Crippen molar-refractivity contribution in [1.29, 1.82) is 0 Å². The zero-order valence-electron chi connectivity index (χ0n) is 6.80. The van der Waals surface area contributed by atoms with Crippen molar-refractivity contribution in [2.24, 2.45) is 5.92 Å². The Hall–Kier alpha value is -1.12. The number of carbonyl (C=O) groups is 2.